The first kappa shape index (κ1) is 14.9. The lowest BCUT2D eigenvalue weighted by Gasteiger charge is -2.34. The van der Waals surface area contributed by atoms with Gasteiger partial charge in [-0.1, -0.05) is 0 Å². The quantitative estimate of drug-likeness (QED) is 0.852. The number of amides is 3. The van der Waals surface area contributed by atoms with Gasteiger partial charge in [0.1, 0.15) is 5.69 Å². The van der Waals surface area contributed by atoms with E-state index in [-0.39, 0.29) is 11.9 Å². The third-order valence-electron chi connectivity index (χ3n) is 4.95. The molecule has 7 nitrogen and oxygen atoms in total. The fourth-order valence-corrected chi connectivity index (χ4v) is 3.63. The number of hydrogen-bond acceptors (Lipinski definition) is 3. The first-order valence-corrected chi connectivity index (χ1v) is 7.94. The van der Waals surface area contributed by atoms with Crippen molar-refractivity contribution in [2.24, 2.45) is 11.8 Å². The Morgan fingerprint density at radius 1 is 1.18 bits per heavy atom. The molecule has 1 aromatic heterocycles. The number of likely N-dealkylation sites (tertiary alicyclic amines) is 2. The fourth-order valence-electron chi connectivity index (χ4n) is 3.63. The molecule has 2 N–H and O–H groups in total. The molecule has 22 heavy (non-hydrogen) atoms. The number of carbonyl (C=O) groups is 2. The van der Waals surface area contributed by atoms with Gasteiger partial charge in [0.2, 0.25) is 0 Å². The number of nitrogens with zero attached hydrogens (tertiary/aromatic N) is 3. The van der Waals surface area contributed by atoms with E-state index in [1.165, 1.54) is 0 Å². The lowest BCUT2D eigenvalue weighted by molar-refractivity contribution is 0.0771. The minimum atomic E-state index is 0.0147. The van der Waals surface area contributed by atoms with Crippen molar-refractivity contribution < 1.29 is 9.59 Å². The number of piperidine rings is 1. The maximum Gasteiger partial charge on any atom is 0.317 e. The number of rotatable bonds is 2. The van der Waals surface area contributed by atoms with Crippen LogP contribution in [0.15, 0.2) is 12.3 Å². The smallest absolute Gasteiger partial charge is 0.317 e. The zero-order valence-electron chi connectivity index (χ0n) is 12.9. The highest BCUT2D eigenvalue weighted by molar-refractivity contribution is 5.92. The van der Waals surface area contributed by atoms with Gasteiger partial charge in [0.15, 0.2) is 0 Å². The molecule has 0 bridgehead atoms. The van der Waals surface area contributed by atoms with E-state index < -0.39 is 0 Å². The predicted octanol–water partition coefficient (Wildman–Crippen LogP) is 0.923. The van der Waals surface area contributed by atoms with Crippen LogP contribution in [0.1, 0.15) is 29.8 Å². The van der Waals surface area contributed by atoms with E-state index >= 15 is 0 Å². The van der Waals surface area contributed by atoms with E-state index in [0.29, 0.717) is 17.5 Å². The first-order chi connectivity index (χ1) is 10.7. The molecule has 3 heterocycles. The summed E-state index contributed by atoms with van der Waals surface area (Å²) in [6.45, 7) is 3.27. The van der Waals surface area contributed by atoms with Crippen LogP contribution in [-0.2, 0) is 0 Å². The highest BCUT2D eigenvalue weighted by atomic mass is 16.2. The number of aromatic amines is 1. The summed E-state index contributed by atoms with van der Waals surface area (Å²) in [5, 5.41) is 9.26. The lowest BCUT2D eigenvalue weighted by Crippen LogP contribution is -2.44. The molecule has 120 valence electrons. The summed E-state index contributed by atoms with van der Waals surface area (Å²) in [6, 6.07) is 1.73. The highest BCUT2D eigenvalue weighted by Gasteiger charge is 2.34. The van der Waals surface area contributed by atoms with Crippen molar-refractivity contribution >= 4 is 11.9 Å². The molecular weight excluding hydrogens is 282 g/mol. The summed E-state index contributed by atoms with van der Waals surface area (Å²) in [5.41, 5.74) is 0.565. The van der Waals surface area contributed by atoms with Crippen molar-refractivity contribution in [2.75, 3.05) is 33.2 Å². The van der Waals surface area contributed by atoms with Crippen molar-refractivity contribution in [3.05, 3.63) is 18.0 Å². The molecule has 2 aliphatic rings. The molecule has 0 saturated carbocycles. The van der Waals surface area contributed by atoms with Gasteiger partial charge in [0, 0.05) is 39.4 Å². The van der Waals surface area contributed by atoms with Gasteiger partial charge in [-0.25, -0.2) is 4.79 Å². The highest BCUT2D eigenvalue weighted by Crippen LogP contribution is 2.32. The number of hydrogen-bond donors (Lipinski definition) is 2. The monoisotopic (exact) mass is 305 g/mol. The van der Waals surface area contributed by atoms with Gasteiger partial charge in [0.05, 0.1) is 0 Å². The van der Waals surface area contributed by atoms with E-state index in [9.17, 15) is 9.59 Å². The zero-order valence-corrected chi connectivity index (χ0v) is 12.9. The lowest BCUT2D eigenvalue weighted by atomic mass is 9.84. The third-order valence-corrected chi connectivity index (χ3v) is 4.95. The minimum Gasteiger partial charge on any atom is -0.341 e. The Balaban J connectivity index is 1.51. The molecular formula is C15H23N5O2. The van der Waals surface area contributed by atoms with Crippen LogP contribution in [0, 0.1) is 11.8 Å². The predicted molar refractivity (Wildman–Crippen MR) is 81.4 cm³/mol. The SMILES string of the molecule is CNC(=O)N1CCC(C2CCN(C(=O)c3ccn[nH]3)C2)CC1. The maximum absolute atomic E-state index is 12.3. The Morgan fingerprint density at radius 2 is 1.86 bits per heavy atom. The number of carbonyl (C=O) groups excluding carboxylic acids is 2. The molecule has 2 saturated heterocycles. The minimum absolute atomic E-state index is 0.0147. The summed E-state index contributed by atoms with van der Waals surface area (Å²) in [6.07, 6.45) is 4.73. The Morgan fingerprint density at radius 3 is 2.50 bits per heavy atom. The van der Waals surface area contributed by atoms with E-state index in [1.54, 1.807) is 19.3 Å². The molecule has 1 atom stereocenters. The van der Waals surface area contributed by atoms with Gasteiger partial charge in [-0.05, 0) is 37.2 Å². The summed E-state index contributed by atoms with van der Waals surface area (Å²) in [4.78, 5) is 27.7. The van der Waals surface area contributed by atoms with Crippen LogP contribution in [0.2, 0.25) is 0 Å². The zero-order chi connectivity index (χ0) is 15.5. The summed E-state index contributed by atoms with van der Waals surface area (Å²) >= 11 is 0. The average Bonchev–Trinajstić information content (AvgIpc) is 3.25. The van der Waals surface area contributed by atoms with Crippen molar-refractivity contribution in [3.63, 3.8) is 0 Å². The van der Waals surface area contributed by atoms with Gasteiger partial charge in [-0.2, -0.15) is 5.10 Å². The van der Waals surface area contributed by atoms with Gasteiger partial charge < -0.3 is 15.1 Å². The Hall–Kier alpha value is -2.05. The van der Waals surface area contributed by atoms with Crippen LogP contribution < -0.4 is 5.32 Å². The standard InChI is InChI=1S/C15H23N5O2/c1-16-15(22)19-7-3-11(4-8-19)12-5-9-20(10-12)14(21)13-2-6-17-18-13/h2,6,11-12H,3-5,7-10H2,1H3,(H,16,22)(H,17,18). The van der Waals surface area contributed by atoms with E-state index in [4.69, 9.17) is 0 Å². The van der Waals surface area contributed by atoms with Crippen LogP contribution >= 0.6 is 0 Å². The van der Waals surface area contributed by atoms with E-state index in [0.717, 1.165) is 45.4 Å². The Labute approximate surface area is 130 Å². The molecule has 3 amide bonds. The molecule has 0 aliphatic carbocycles. The van der Waals surface area contributed by atoms with Gasteiger partial charge in [-0.15, -0.1) is 0 Å². The maximum atomic E-state index is 12.3. The molecule has 0 radical (unpaired) electrons. The molecule has 7 heteroatoms. The van der Waals surface area contributed by atoms with Crippen LogP contribution in [0.4, 0.5) is 4.79 Å². The van der Waals surface area contributed by atoms with Gasteiger partial charge >= 0.3 is 6.03 Å². The fraction of sp³-hybridized carbons (Fsp3) is 0.667. The average molecular weight is 305 g/mol. The first-order valence-electron chi connectivity index (χ1n) is 7.94. The molecule has 1 unspecified atom stereocenters. The van der Waals surface area contributed by atoms with Crippen molar-refractivity contribution in [3.8, 4) is 0 Å². The van der Waals surface area contributed by atoms with Crippen LogP contribution in [0.3, 0.4) is 0 Å². The normalized spacial score (nSPS) is 22.9. The van der Waals surface area contributed by atoms with Crippen molar-refractivity contribution in [1.29, 1.82) is 0 Å². The van der Waals surface area contributed by atoms with Crippen molar-refractivity contribution in [2.45, 2.75) is 19.3 Å². The van der Waals surface area contributed by atoms with Crippen LogP contribution in [-0.4, -0.2) is 65.2 Å². The topological polar surface area (TPSA) is 81.3 Å². The number of aromatic nitrogens is 2. The number of H-pyrrole nitrogens is 1. The molecule has 3 rings (SSSR count). The molecule has 0 aromatic carbocycles. The molecule has 2 fully saturated rings. The van der Waals surface area contributed by atoms with E-state index in [1.807, 2.05) is 9.80 Å². The summed E-state index contributed by atoms with van der Waals surface area (Å²) in [5.74, 6) is 1.21. The van der Waals surface area contributed by atoms with Gasteiger partial charge in [0.25, 0.3) is 5.91 Å². The molecule has 2 aliphatic heterocycles. The number of urea groups is 1. The number of nitrogens with one attached hydrogen (secondary N) is 2. The van der Waals surface area contributed by atoms with E-state index in [2.05, 4.69) is 15.5 Å². The molecule has 0 spiro atoms. The molecule has 1 aromatic rings. The van der Waals surface area contributed by atoms with Crippen LogP contribution in [0.5, 0.6) is 0 Å². The van der Waals surface area contributed by atoms with Crippen LogP contribution in [0.25, 0.3) is 0 Å². The van der Waals surface area contributed by atoms with Crippen molar-refractivity contribution in [1.82, 2.24) is 25.3 Å². The third kappa shape index (κ3) is 2.93. The second kappa shape index (κ2) is 6.37. The van der Waals surface area contributed by atoms with Gasteiger partial charge in [-0.3, -0.25) is 9.89 Å². The second-order valence-electron chi connectivity index (χ2n) is 6.15. The Kier molecular flexibility index (Phi) is 4.31. The summed E-state index contributed by atoms with van der Waals surface area (Å²) < 4.78 is 0. The summed E-state index contributed by atoms with van der Waals surface area (Å²) in [7, 11) is 1.67. The largest absolute Gasteiger partial charge is 0.341 e. The Bertz CT molecular complexity index is 522. The second-order valence-corrected chi connectivity index (χ2v) is 6.15.